The maximum absolute atomic E-state index is 11.3. The first-order chi connectivity index (χ1) is 7.07. The first-order valence-electron chi connectivity index (χ1n) is 5.34. The molecule has 0 spiro atoms. The van der Waals surface area contributed by atoms with Gasteiger partial charge in [-0.2, -0.15) is 0 Å². The second kappa shape index (κ2) is 3.97. The molecule has 1 aliphatic heterocycles. The van der Waals surface area contributed by atoms with Crippen LogP contribution in [-0.4, -0.2) is 19.9 Å². The van der Waals surface area contributed by atoms with E-state index < -0.39 is 9.84 Å². The van der Waals surface area contributed by atoms with Crippen LogP contribution in [0.4, 0.5) is 0 Å². The molecule has 0 aliphatic carbocycles. The number of benzene rings is 1. The summed E-state index contributed by atoms with van der Waals surface area (Å²) in [7, 11) is -2.73. The molecule has 15 heavy (non-hydrogen) atoms. The Kier molecular flexibility index (Phi) is 2.83. The molecule has 1 fully saturated rings. The molecule has 0 aromatic heterocycles. The average Bonchev–Trinajstić information content (AvgIpc) is 2.20. The Hall–Kier alpha value is -0.830. The summed E-state index contributed by atoms with van der Waals surface area (Å²) in [5.41, 5.74) is 2.54. The van der Waals surface area contributed by atoms with Crippen molar-refractivity contribution in [3.05, 3.63) is 35.4 Å². The van der Waals surface area contributed by atoms with Gasteiger partial charge in [0.25, 0.3) is 0 Å². The van der Waals surface area contributed by atoms with Crippen molar-refractivity contribution >= 4 is 9.84 Å². The van der Waals surface area contributed by atoms with Crippen LogP contribution in [0.5, 0.6) is 0 Å². The molecular formula is C12H16O2S. The molecule has 1 saturated heterocycles. The van der Waals surface area contributed by atoms with E-state index in [9.17, 15) is 8.42 Å². The van der Waals surface area contributed by atoms with Crippen molar-refractivity contribution in [2.45, 2.75) is 25.7 Å². The third kappa shape index (κ3) is 2.59. The van der Waals surface area contributed by atoms with E-state index in [-0.39, 0.29) is 0 Å². The minimum Gasteiger partial charge on any atom is -0.229 e. The zero-order chi connectivity index (χ0) is 10.9. The van der Waals surface area contributed by atoms with Gasteiger partial charge in [-0.25, -0.2) is 8.42 Å². The molecule has 3 heteroatoms. The largest absolute Gasteiger partial charge is 0.229 e. The SMILES string of the molecule is Cc1ccc(C2CCS(=O)(=O)CC2)cc1. The van der Waals surface area contributed by atoms with Crippen LogP contribution >= 0.6 is 0 Å². The highest BCUT2D eigenvalue weighted by atomic mass is 32.2. The van der Waals surface area contributed by atoms with Crippen molar-refractivity contribution in [3.63, 3.8) is 0 Å². The van der Waals surface area contributed by atoms with Crippen molar-refractivity contribution in [3.8, 4) is 0 Å². The molecule has 2 rings (SSSR count). The lowest BCUT2D eigenvalue weighted by molar-refractivity contribution is 0.550. The molecule has 1 aliphatic rings. The summed E-state index contributed by atoms with van der Waals surface area (Å²) >= 11 is 0. The molecule has 0 unspecified atom stereocenters. The Bertz CT molecular complexity index is 417. The molecule has 0 radical (unpaired) electrons. The third-order valence-corrected chi connectivity index (χ3v) is 4.82. The molecule has 0 bridgehead atoms. The van der Waals surface area contributed by atoms with Crippen LogP contribution in [0.2, 0.25) is 0 Å². The van der Waals surface area contributed by atoms with Crippen LogP contribution < -0.4 is 0 Å². The summed E-state index contributed by atoms with van der Waals surface area (Å²) < 4.78 is 22.6. The molecule has 1 aromatic carbocycles. The van der Waals surface area contributed by atoms with Gasteiger partial charge < -0.3 is 0 Å². The fourth-order valence-electron chi connectivity index (χ4n) is 2.06. The summed E-state index contributed by atoms with van der Waals surface area (Å²) in [6.07, 6.45) is 1.57. The summed E-state index contributed by atoms with van der Waals surface area (Å²) in [5.74, 6) is 1.14. The summed E-state index contributed by atoms with van der Waals surface area (Å²) in [5, 5.41) is 0. The lowest BCUT2D eigenvalue weighted by atomic mass is 9.93. The van der Waals surface area contributed by atoms with E-state index in [1.54, 1.807) is 0 Å². The van der Waals surface area contributed by atoms with Gasteiger partial charge in [-0.3, -0.25) is 0 Å². The van der Waals surface area contributed by atoms with E-state index in [1.807, 2.05) is 0 Å². The van der Waals surface area contributed by atoms with Gasteiger partial charge in [-0.1, -0.05) is 29.8 Å². The van der Waals surface area contributed by atoms with Crippen molar-refractivity contribution in [1.29, 1.82) is 0 Å². The van der Waals surface area contributed by atoms with Gasteiger partial charge in [0, 0.05) is 0 Å². The number of rotatable bonds is 1. The van der Waals surface area contributed by atoms with Gasteiger partial charge in [-0.15, -0.1) is 0 Å². The average molecular weight is 224 g/mol. The molecule has 0 amide bonds. The Balaban J connectivity index is 2.11. The normalized spacial score (nSPS) is 21.4. The first kappa shape index (κ1) is 10.7. The smallest absolute Gasteiger partial charge is 0.150 e. The van der Waals surface area contributed by atoms with E-state index in [0.717, 1.165) is 12.8 Å². The van der Waals surface area contributed by atoms with Crippen LogP contribution in [0, 0.1) is 6.92 Å². The fourth-order valence-corrected chi connectivity index (χ4v) is 3.55. The van der Waals surface area contributed by atoms with E-state index >= 15 is 0 Å². The Labute approximate surface area is 91.2 Å². The third-order valence-electron chi connectivity index (χ3n) is 3.10. The lowest BCUT2D eigenvalue weighted by Crippen LogP contribution is -2.22. The topological polar surface area (TPSA) is 34.1 Å². The highest BCUT2D eigenvalue weighted by molar-refractivity contribution is 7.91. The van der Waals surface area contributed by atoms with Crippen molar-refractivity contribution in [1.82, 2.24) is 0 Å². The summed E-state index contributed by atoms with van der Waals surface area (Å²) in [6.45, 7) is 2.06. The van der Waals surface area contributed by atoms with Crippen LogP contribution in [0.1, 0.15) is 29.9 Å². The van der Waals surface area contributed by atoms with Crippen LogP contribution in [0.15, 0.2) is 24.3 Å². The van der Waals surface area contributed by atoms with E-state index in [0.29, 0.717) is 17.4 Å². The maximum atomic E-state index is 11.3. The van der Waals surface area contributed by atoms with Crippen molar-refractivity contribution in [2.24, 2.45) is 0 Å². The van der Waals surface area contributed by atoms with Crippen molar-refractivity contribution in [2.75, 3.05) is 11.5 Å². The highest BCUT2D eigenvalue weighted by Gasteiger charge is 2.24. The minimum absolute atomic E-state index is 0.353. The monoisotopic (exact) mass is 224 g/mol. The Morgan fingerprint density at radius 1 is 1.07 bits per heavy atom. The zero-order valence-electron chi connectivity index (χ0n) is 8.94. The van der Waals surface area contributed by atoms with E-state index in [2.05, 4.69) is 31.2 Å². The molecule has 82 valence electrons. The predicted molar refractivity (Wildman–Crippen MR) is 61.8 cm³/mol. The standard InChI is InChI=1S/C12H16O2S/c1-10-2-4-11(5-3-10)12-6-8-15(13,14)9-7-12/h2-5,12H,6-9H2,1H3. The van der Waals surface area contributed by atoms with Gasteiger partial charge in [0.1, 0.15) is 9.84 Å². The highest BCUT2D eigenvalue weighted by Crippen LogP contribution is 2.28. The molecule has 0 N–H and O–H groups in total. The second-order valence-corrected chi connectivity index (χ2v) is 6.64. The maximum Gasteiger partial charge on any atom is 0.150 e. The molecular weight excluding hydrogens is 208 g/mol. The number of sulfone groups is 1. The zero-order valence-corrected chi connectivity index (χ0v) is 9.76. The summed E-state index contributed by atoms with van der Waals surface area (Å²) in [6, 6.07) is 8.44. The molecule has 2 nitrogen and oxygen atoms in total. The van der Waals surface area contributed by atoms with E-state index in [1.165, 1.54) is 11.1 Å². The second-order valence-electron chi connectivity index (χ2n) is 4.34. The molecule has 1 aromatic rings. The first-order valence-corrected chi connectivity index (χ1v) is 7.16. The molecule has 0 saturated carbocycles. The van der Waals surface area contributed by atoms with Gasteiger partial charge in [0.15, 0.2) is 0 Å². The van der Waals surface area contributed by atoms with Crippen LogP contribution in [0.3, 0.4) is 0 Å². The quantitative estimate of drug-likeness (QED) is 0.733. The van der Waals surface area contributed by atoms with E-state index in [4.69, 9.17) is 0 Å². The predicted octanol–water partition coefficient (Wildman–Crippen LogP) is 2.29. The summed E-state index contributed by atoms with van der Waals surface area (Å²) in [4.78, 5) is 0. The van der Waals surface area contributed by atoms with Gasteiger partial charge in [0.05, 0.1) is 11.5 Å². The molecule has 1 heterocycles. The molecule has 0 atom stereocenters. The van der Waals surface area contributed by atoms with Gasteiger partial charge >= 0.3 is 0 Å². The minimum atomic E-state index is -2.73. The van der Waals surface area contributed by atoms with Gasteiger partial charge in [-0.05, 0) is 31.2 Å². The number of aryl methyl sites for hydroxylation is 1. The van der Waals surface area contributed by atoms with Crippen LogP contribution in [0.25, 0.3) is 0 Å². The van der Waals surface area contributed by atoms with Crippen molar-refractivity contribution < 1.29 is 8.42 Å². The lowest BCUT2D eigenvalue weighted by Gasteiger charge is -2.22. The number of hydrogen-bond donors (Lipinski definition) is 0. The van der Waals surface area contributed by atoms with Gasteiger partial charge in [0.2, 0.25) is 0 Å². The fraction of sp³-hybridized carbons (Fsp3) is 0.500. The Morgan fingerprint density at radius 3 is 2.13 bits per heavy atom. The number of hydrogen-bond acceptors (Lipinski definition) is 2. The van der Waals surface area contributed by atoms with Crippen LogP contribution in [-0.2, 0) is 9.84 Å². The Morgan fingerprint density at radius 2 is 1.60 bits per heavy atom.